The predicted octanol–water partition coefficient (Wildman–Crippen LogP) is 6.90. The summed E-state index contributed by atoms with van der Waals surface area (Å²) in [4.78, 5) is 0. The van der Waals surface area contributed by atoms with E-state index in [2.05, 4.69) is 6.07 Å². The molecule has 0 aliphatic heterocycles. The van der Waals surface area contributed by atoms with Crippen molar-refractivity contribution in [1.29, 1.82) is 5.26 Å². The van der Waals surface area contributed by atoms with Crippen LogP contribution in [0.15, 0.2) is 30.4 Å². The van der Waals surface area contributed by atoms with Gasteiger partial charge in [-0.3, -0.25) is 0 Å². The SMILES string of the molecule is N#CC=CCC[C@H]1CC[C@H]([C@H]2CC[C@H](c3ccc(F)c(F)c3)CC2)CC1. The van der Waals surface area contributed by atoms with E-state index in [4.69, 9.17) is 5.26 Å². The maximum Gasteiger partial charge on any atom is 0.159 e. The largest absolute Gasteiger partial charge is 0.204 e. The molecule has 0 heterocycles. The molecule has 0 bridgehead atoms. The average Bonchev–Trinajstić information content (AvgIpc) is 2.68. The molecule has 2 saturated carbocycles. The Morgan fingerprint density at radius 2 is 1.58 bits per heavy atom. The Hall–Kier alpha value is -1.69. The minimum atomic E-state index is -0.748. The third kappa shape index (κ3) is 4.93. The fourth-order valence-corrected chi connectivity index (χ4v) is 5.11. The second-order valence-electron chi connectivity index (χ2n) is 8.17. The van der Waals surface area contributed by atoms with Gasteiger partial charge in [0.15, 0.2) is 11.6 Å². The van der Waals surface area contributed by atoms with Crippen molar-refractivity contribution in [2.45, 2.75) is 70.1 Å². The van der Waals surface area contributed by atoms with Crippen LogP contribution in [0.3, 0.4) is 0 Å². The Balaban J connectivity index is 1.42. The Morgan fingerprint density at radius 3 is 2.19 bits per heavy atom. The van der Waals surface area contributed by atoms with Gasteiger partial charge in [-0.1, -0.05) is 25.0 Å². The number of benzene rings is 1. The summed E-state index contributed by atoms with van der Waals surface area (Å²) < 4.78 is 26.6. The molecule has 0 amide bonds. The number of nitriles is 1. The maximum atomic E-state index is 13.5. The minimum Gasteiger partial charge on any atom is -0.204 e. The summed E-state index contributed by atoms with van der Waals surface area (Å²) in [6.45, 7) is 0. The lowest BCUT2D eigenvalue weighted by molar-refractivity contribution is 0.157. The van der Waals surface area contributed by atoms with Crippen molar-refractivity contribution in [1.82, 2.24) is 0 Å². The zero-order valence-electron chi connectivity index (χ0n) is 15.5. The van der Waals surface area contributed by atoms with Crippen LogP contribution in [-0.4, -0.2) is 0 Å². The summed E-state index contributed by atoms with van der Waals surface area (Å²) in [6, 6.07) is 6.48. The molecule has 2 aliphatic carbocycles. The molecule has 2 fully saturated rings. The highest BCUT2D eigenvalue weighted by Crippen LogP contribution is 2.44. The molecule has 0 atom stereocenters. The molecule has 3 heteroatoms. The lowest BCUT2D eigenvalue weighted by Gasteiger charge is -2.38. The van der Waals surface area contributed by atoms with Crippen LogP contribution in [0.4, 0.5) is 8.78 Å². The first-order valence-corrected chi connectivity index (χ1v) is 10.2. The lowest BCUT2D eigenvalue weighted by atomic mass is 9.68. The Morgan fingerprint density at radius 1 is 0.923 bits per heavy atom. The van der Waals surface area contributed by atoms with Gasteiger partial charge in [0.1, 0.15) is 0 Å². The number of rotatable bonds is 5. The number of allylic oxidation sites excluding steroid dienone is 2. The zero-order chi connectivity index (χ0) is 18.4. The molecule has 1 nitrogen and oxygen atoms in total. The van der Waals surface area contributed by atoms with E-state index < -0.39 is 11.6 Å². The van der Waals surface area contributed by atoms with Crippen LogP contribution in [0.2, 0.25) is 0 Å². The van der Waals surface area contributed by atoms with Crippen molar-refractivity contribution >= 4 is 0 Å². The van der Waals surface area contributed by atoms with Crippen molar-refractivity contribution in [2.24, 2.45) is 17.8 Å². The van der Waals surface area contributed by atoms with Crippen molar-refractivity contribution in [3.63, 3.8) is 0 Å². The maximum absolute atomic E-state index is 13.5. The molecule has 0 radical (unpaired) electrons. The van der Waals surface area contributed by atoms with Gasteiger partial charge in [0.25, 0.3) is 0 Å². The van der Waals surface area contributed by atoms with Crippen LogP contribution in [-0.2, 0) is 0 Å². The molecule has 3 rings (SSSR count). The Bertz CT molecular complexity index is 645. The molecule has 0 saturated heterocycles. The average molecular weight is 357 g/mol. The van der Waals surface area contributed by atoms with Crippen molar-refractivity contribution in [3.8, 4) is 6.07 Å². The van der Waals surface area contributed by atoms with Gasteiger partial charge in [-0.2, -0.15) is 5.26 Å². The monoisotopic (exact) mass is 357 g/mol. The molecule has 26 heavy (non-hydrogen) atoms. The fraction of sp³-hybridized carbons (Fsp3) is 0.609. The van der Waals surface area contributed by atoms with E-state index in [-0.39, 0.29) is 0 Å². The van der Waals surface area contributed by atoms with Crippen LogP contribution in [0.1, 0.15) is 75.7 Å². The van der Waals surface area contributed by atoms with Gasteiger partial charge < -0.3 is 0 Å². The molecule has 0 spiro atoms. The second kappa shape index (κ2) is 9.31. The molecule has 0 unspecified atom stereocenters. The summed E-state index contributed by atoms with van der Waals surface area (Å²) in [5.74, 6) is 1.43. The Labute approximate surface area is 156 Å². The quantitative estimate of drug-likeness (QED) is 0.525. The predicted molar refractivity (Wildman–Crippen MR) is 100 cm³/mol. The van der Waals surface area contributed by atoms with E-state index in [0.29, 0.717) is 5.92 Å². The highest BCUT2D eigenvalue weighted by molar-refractivity contribution is 5.22. The first kappa shape index (κ1) is 19.1. The van der Waals surface area contributed by atoms with Gasteiger partial charge in [0.2, 0.25) is 0 Å². The summed E-state index contributed by atoms with van der Waals surface area (Å²) in [7, 11) is 0. The molecular weight excluding hydrogens is 328 g/mol. The summed E-state index contributed by atoms with van der Waals surface area (Å²) in [6.07, 6.45) is 15.8. The summed E-state index contributed by atoms with van der Waals surface area (Å²) >= 11 is 0. The van der Waals surface area contributed by atoms with E-state index in [9.17, 15) is 8.78 Å². The summed E-state index contributed by atoms with van der Waals surface area (Å²) in [5.41, 5.74) is 0.969. The zero-order valence-corrected chi connectivity index (χ0v) is 15.5. The normalized spacial score (nSPS) is 29.6. The molecule has 1 aromatic carbocycles. The topological polar surface area (TPSA) is 23.8 Å². The van der Waals surface area contributed by atoms with Crippen LogP contribution >= 0.6 is 0 Å². The first-order chi connectivity index (χ1) is 12.7. The molecular formula is C23H29F2N. The Kier molecular flexibility index (Phi) is 6.83. The van der Waals surface area contributed by atoms with E-state index in [1.165, 1.54) is 57.1 Å². The fourth-order valence-electron chi connectivity index (χ4n) is 5.11. The highest BCUT2D eigenvalue weighted by atomic mass is 19.2. The smallest absolute Gasteiger partial charge is 0.159 e. The molecule has 0 aromatic heterocycles. The van der Waals surface area contributed by atoms with Gasteiger partial charge in [0.05, 0.1) is 6.07 Å². The molecule has 2 aliphatic rings. The van der Waals surface area contributed by atoms with Gasteiger partial charge in [-0.05, 0) is 92.7 Å². The van der Waals surface area contributed by atoms with Gasteiger partial charge >= 0.3 is 0 Å². The highest BCUT2D eigenvalue weighted by Gasteiger charge is 2.31. The minimum absolute atomic E-state index is 0.393. The van der Waals surface area contributed by atoms with Gasteiger partial charge in [-0.15, -0.1) is 0 Å². The van der Waals surface area contributed by atoms with Crippen LogP contribution in [0, 0.1) is 40.7 Å². The van der Waals surface area contributed by atoms with Gasteiger partial charge in [-0.25, -0.2) is 8.78 Å². The van der Waals surface area contributed by atoms with Crippen molar-refractivity contribution < 1.29 is 8.78 Å². The third-order valence-corrected chi connectivity index (χ3v) is 6.68. The second-order valence-corrected chi connectivity index (χ2v) is 8.17. The number of nitrogens with zero attached hydrogens (tertiary/aromatic N) is 1. The van der Waals surface area contributed by atoms with Gasteiger partial charge in [0, 0.05) is 6.08 Å². The van der Waals surface area contributed by atoms with Crippen molar-refractivity contribution in [3.05, 3.63) is 47.5 Å². The third-order valence-electron chi connectivity index (χ3n) is 6.68. The lowest BCUT2D eigenvalue weighted by Crippen LogP contribution is -2.25. The first-order valence-electron chi connectivity index (χ1n) is 10.2. The number of halogens is 2. The van der Waals surface area contributed by atoms with Crippen LogP contribution in [0.25, 0.3) is 0 Å². The van der Waals surface area contributed by atoms with E-state index in [1.54, 1.807) is 12.1 Å². The molecule has 0 N–H and O–H groups in total. The van der Waals surface area contributed by atoms with E-state index in [1.807, 2.05) is 6.08 Å². The van der Waals surface area contributed by atoms with E-state index in [0.717, 1.165) is 42.6 Å². The van der Waals surface area contributed by atoms with Crippen LogP contribution < -0.4 is 0 Å². The van der Waals surface area contributed by atoms with Crippen LogP contribution in [0.5, 0.6) is 0 Å². The standard InChI is InChI=1S/C23H29F2N/c24-22-14-13-21(16-23(22)25)20-11-9-19(10-12-20)18-7-5-17(6-8-18)4-2-1-3-15-26/h1,3,13-14,16-20H,2,4-12H2/t17-,18-,19-,20-. The van der Waals surface area contributed by atoms with Crippen molar-refractivity contribution in [2.75, 3.05) is 0 Å². The molecule has 1 aromatic rings. The molecule has 140 valence electrons. The summed E-state index contributed by atoms with van der Waals surface area (Å²) in [5, 5.41) is 8.53. The van der Waals surface area contributed by atoms with E-state index >= 15 is 0 Å². The number of hydrogen-bond acceptors (Lipinski definition) is 1. The number of hydrogen-bond donors (Lipinski definition) is 0.